The Kier molecular flexibility index (Phi) is 2.69. The van der Waals surface area contributed by atoms with Crippen molar-refractivity contribution in [3.63, 3.8) is 0 Å². The molecule has 14 heavy (non-hydrogen) atoms. The first-order valence-electron chi connectivity index (χ1n) is 4.39. The van der Waals surface area contributed by atoms with Crippen LogP contribution in [0.25, 0.3) is 0 Å². The summed E-state index contributed by atoms with van der Waals surface area (Å²) < 4.78 is 3.76. The van der Waals surface area contributed by atoms with E-state index in [1.807, 2.05) is 30.3 Å². The molecule has 0 bridgehead atoms. The van der Waals surface area contributed by atoms with Crippen LogP contribution in [0, 0.1) is 0 Å². The highest BCUT2D eigenvalue weighted by Crippen LogP contribution is 2.23. The molecular formula is C9H10N4S. The Labute approximate surface area is 86.4 Å². The zero-order valence-electron chi connectivity index (χ0n) is 7.79. The van der Waals surface area contributed by atoms with Crippen LogP contribution < -0.4 is 4.90 Å². The van der Waals surface area contributed by atoms with Gasteiger partial charge >= 0.3 is 0 Å². The third kappa shape index (κ3) is 1.72. The average Bonchev–Trinajstić information content (AvgIpc) is 2.74. The third-order valence-electron chi connectivity index (χ3n) is 1.90. The summed E-state index contributed by atoms with van der Waals surface area (Å²) >= 11 is 1.30. The van der Waals surface area contributed by atoms with Crippen LogP contribution in [0.4, 0.5) is 10.8 Å². The van der Waals surface area contributed by atoms with Crippen molar-refractivity contribution >= 4 is 22.4 Å². The Morgan fingerprint density at radius 3 is 2.64 bits per heavy atom. The molecule has 0 radical (unpaired) electrons. The number of nitrogens with zero attached hydrogens (tertiary/aromatic N) is 4. The van der Waals surface area contributed by atoms with Crippen LogP contribution >= 0.6 is 11.5 Å². The molecule has 0 unspecified atom stereocenters. The van der Waals surface area contributed by atoms with E-state index in [2.05, 4.69) is 26.6 Å². The number of para-hydroxylation sites is 1. The van der Waals surface area contributed by atoms with Crippen LogP contribution in [-0.2, 0) is 0 Å². The number of hydrogen-bond acceptors (Lipinski definition) is 5. The van der Waals surface area contributed by atoms with Gasteiger partial charge in [-0.25, -0.2) is 0 Å². The lowest BCUT2D eigenvalue weighted by Crippen LogP contribution is -2.15. The van der Waals surface area contributed by atoms with Crippen molar-refractivity contribution in [3.05, 3.63) is 30.3 Å². The van der Waals surface area contributed by atoms with E-state index in [1.165, 1.54) is 11.5 Å². The molecule has 4 nitrogen and oxygen atoms in total. The van der Waals surface area contributed by atoms with E-state index in [0.717, 1.165) is 17.4 Å². The molecule has 0 fully saturated rings. The van der Waals surface area contributed by atoms with Crippen molar-refractivity contribution in [2.75, 3.05) is 11.4 Å². The lowest BCUT2D eigenvalue weighted by Gasteiger charge is -2.18. The zero-order chi connectivity index (χ0) is 9.80. The van der Waals surface area contributed by atoms with Crippen LogP contribution in [0.2, 0.25) is 0 Å². The summed E-state index contributed by atoms with van der Waals surface area (Å²) in [5.74, 6) is 0. The van der Waals surface area contributed by atoms with Crippen LogP contribution in [0.1, 0.15) is 6.92 Å². The predicted octanol–water partition coefficient (Wildman–Crippen LogP) is 2.09. The van der Waals surface area contributed by atoms with Crippen molar-refractivity contribution in [2.24, 2.45) is 0 Å². The third-order valence-corrected chi connectivity index (χ3v) is 2.52. The fourth-order valence-electron chi connectivity index (χ4n) is 1.27. The van der Waals surface area contributed by atoms with Crippen LogP contribution in [0.15, 0.2) is 30.3 Å². The number of rotatable bonds is 3. The van der Waals surface area contributed by atoms with E-state index >= 15 is 0 Å². The second-order valence-corrected chi connectivity index (χ2v) is 3.44. The minimum atomic E-state index is 0.832. The minimum Gasteiger partial charge on any atom is -0.315 e. The smallest absolute Gasteiger partial charge is 0.232 e. The van der Waals surface area contributed by atoms with Gasteiger partial charge in [-0.05, 0) is 24.3 Å². The Hall–Kier alpha value is -1.49. The molecule has 0 aliphatic carbocycles. The molecule has 0 aliphatic heterocycles. The molecule has 1 aromatic carbocycles. The van der Waals surface area contributed by atoms with E-state index in [9.17, 15) is 0 Å². The Balaban J connectivity index is 2.31. The maximum absolute atomic E-state index is 3.95. The molecule has 0 N–H and O–H groups in total. The zero-order valence-corrected chi connectivity index (χ0v) is 8.61. The van der Waals surface area contributed by atoms with E-state index < -0.39 is 0 Å². The molecule has 1 heterocycles. The van der Waals surface area contributed by atoms with Gasteiger partial charge in [0.1, 0.15) is 0 Å². The molecule has 2 aromatic rings. The maximum atomic E-state index is 3.95. The summed E-state index contributed by atoms with van der Waals surface area (Å²) in [4.78, 5) is 2.07. The van der Waals surface area contributed by atoms with Crippen LogP contribution in [-0.4, -0.2) is 21.3 Å². The lowest BCUT2D eigenvalue weighted by atomic mass is 10.3. The second kappa shape index (κ2) is 4.15. The van der Waals surface area contributed by atoms with Gasteiger partial charge in [0.25, 0.3) is 0 Å². The highest BCUT2D eigenvalue weighted by atomic mass is 32.1. The summed E-state index contributed by atoms with van der Waals surface area (Å²) in [6.07, 6.45) is 0. The highest BCUT2D eigenvalue weighted by molar-refractivity contribution is 7.09. The molecule has 0 amide bonds. The number of benzene rings is 1. The molecule has 72 valence electrons. The number of hydrogen-bond donors (Lipinski definition) is 0. The molecule has 2 rings (SSSR count). The monoisotopic (exact) mass is 206 g/mol. The summed E-state index contributed by atoms with van der Waals surface area (Å²) in [7, 11) is 0. The van der Waals surface area contributed by atoms with E-state index in [-0.39, 0.29) is 0 Å². The standard InChI is InChI=1S/C9H10N4S/c1-2-13(9-10-11-12-14-9)8-6-4-3-5-7-8/h3-7H,2H2,1H3. The van der Waals surface area contributed by atoms with Gasteiger partial charge in [-0.1, -0.05) is 27.8 Å². The molecule has 0 saturated heterocycles. The Morgan fingerprint density at radius 2 is 2.07 bits per heavy atom. The highest BCUT2D eigenvalue weighted by Gasteiger charge is 2.09. The van der Waals surface area contributed by atoms with E-state index in [4.69, 9.17) is 0 Å². The first-order chi connectivity index (χ1) is 6.92. The molecule has 1 aromatic heterocycles. The normalized spacial score (nSPS) is 10.1. The van der Waals surface area contributed by atoms with Gasteiger partial charge in [0.15, 0.2) is 0 Å². The Morgan fingerprint density at radius 1 is 1.29 bits per heavy atom. The largest absolute Gasteiger partial charge is 0.315 e. The van der Waals surface area contributed by atoms with E-state index in [1.54, 1.807) is 0 Å². The summed E-state index contributed by atoms with van der Waals surface area (Å²) in [6.45, 7) is 2.94. The molecule has 0 spiro atoms. The number of anilines is 2. The van der Waals surface area contributed by atoms with Crippen molar-refractivity contribution in [3.8, 4) is 0 Å². The first-order valence-corrected chi connectivity index (χ1v) is 5.16. The van der Waals surface area contributed by atoms with Crippen molar-refractivity contribution in [2.45, 2.75) is 6.92 Å². The van der Waals surface area contributed by atoms with E-state index in [0.29, 0.717) is 0 Å². The topological polar surface area (TPSA) is 41.9 Å². The van der Waals surface area contributed by atoms with Crippen molar-refractivity contribution in [1.29, 1.82) is 0 Å². The molecule has 0 saturated carbocycles. The molecule has 0 atom stereocenters. The van der Waals surface area contributed by atoms with Crippen LogP contribution in [0.5, 0.6) is 0 Å². The van der Waals surface area contributed by atoms with Crippen LogP contribution in [0.3, 0.4) is 0 Å². The van der Waals surface area contributed by atoms with Gasteiger partial charge in [-0.15, -0.1) is 0 Å². The summed E-state index contributed by atoms with van der Waals surface area (Å²) in [6, 6.07) is 10.1. The van der Waals surface area contributed by atoms with Gasteiger partial charge in [0.2, 0.25) is 5.13 Å². The van der Waals surface area contributed by atoms with Gasteiger partial charge in [0, 0.05) is 23.8 Å². The number of aromatic nitrogens is 3. The summed E-state index contributed by atoms with van der Waals surface area (Å²) in [5.41, 5.74) is 1.12. The van der Waals surface area contributed by atoms with Crippen molar-refractivity contribution < 1.29 is 0 Å². The molecular weight excluding hydrogens is 196 g/mol. The predicted molar refractivity (Wildman–Crippen MR) is 56.8 cm³/mol. The minimum absolute atomic E-state index is 0.832. The molecule has 0 aliphatic rings. The van der Waals surface area contributed by atoms with Crippen molar-refractivity contribution in [1.82, 2.24) is 14.8 Å². The maximum Gasteiger partial charge on any atom is 0.232 e. The fourth-order valence-corrected chi connectivity index (χ4v) is 1.82. The van der Waals surface area contributed by atoms with Gasteiger partial charge in [-0.3, -0.25) is 0 Å². The van der Waals surface area contributed by atoms with Gasteiger partial charge in [0.05, 0.1) is 0 Å². The van der Waals surface area contributed by atoms with Gasteiger partial charge < -0.3 is 4.90 Å². The van der Waals surface area contributed by atoms with Gasteiger partial charge in [-0.2, -0.15) is 0 Å². The Bertz CT molecular complexity index is 373. The first kappa shape index (κ1) is 9.08. The summed E-state index contributed by atoms with van der Waals surface area (Å²) in [5, 5.41) is 8.37. The SMILES string of the molecule is CCN(c1ccccc1)c1nnns1. The second-order valence-electron chi connectivity index (χ2n) is 2.72. The fraction of sp³-hybridized carbons (Fsp3) is 0.222. The lowest BCUT2D eigenvalue weighted by molar-refractivity contribution is 0.920. The average molecular weight is 206 g/mol. The molecule has 5 heteroatoms. The quantitative estimate of drug-likeness (QED) is 0.771.